The van der Waals surface area contributed by atoms with Crippen molar-refractivity contribution in [2.75, 3.05) is 0 Å². The van der Waals surface area contributed by atoms with Gasteiger partial charge in [-0.05, 0) is 30.2 Å². The van der Waals surface area contributed by atoms with E-state index in [1.165, 1.54) is 0 Å². The van der Waals surface area contributed by atoms with E-state index in [1.807, 2.05) is 19.1 Å². The first-order valence-electron chi connectivity index (χ1n) is 4.93. The minimum atomic E-state index is -0.919. The number of pyridine rings is 1. The Balaban J connectivity index is 2.60. The molecule has 0 spiro atoms. The molecule has 1 N–H and O–H groups in total. The topological polar surface area (TPSA) is 50.2 Å². The smallest absolute Gasteiger partial charge is 0.336 e. The third kappa shape index (κ3) is 1.93. The van der Waals surface area contributed by atoms with Crippen molar-refractivity contribution in [3.05, 3.63) is 53.9 Å². The standard InChI is InChI=1S/C13H11NO2/c1-9-6-10(8-14-7-9)11-4-2-3-5-12(11)13(15)16/h2-8H,1H3,(H,15,16). The van der Waals surface area contributed by atoms with Crippen LogP contribution in [0.2, 0.25) is 0 Å². The molecule has 0 saturated heterocycles. The van der Waals surface area contributed by atoms with E-state index >= 15 is 0 Å². The number of carboxylic acids is 1. The maximum absolute atomic E-state index is 11.1. The van der Waals surface area contributed by atoms with Crippen molar-refractivity contribution in [2.24, 2.45) is 0 Å². The highest BCUT2D eigenvalue weighted by molar-refractivity contribution is 5.95. The zero-order chi connectivity index (χ0) is 11.5. The third-order valence-electron chi connectivity index (χ3n) is 2.34. The lowest BCUT2D eigenvalue weighted by Crippen LogP contribution is -1.99. The molecule has 0 atom stereocenters. The Bertz CT molecular complexity index is 535. The van der Waals surface area contributed by atoms with Crippen LogP contribution in [0.3, 0.4) is 0 Å². The van der Waals surface area contributed by atoms with Gasteiger partial charge in [-0.2, -0.15) is 0 Å². The van der Waals surface area contributed by atoms with E-state index in [9.17, 15) is 4.79 Å². The van der Waals surface area contributed by atoms with E-state index in [0.29, 0.717) is 11.1 Å². The molecule has 0 aliphatic carbocycles. The van der Waals surface area contributed by atoms with Gasteiger partial charge in [0.15, 0.2) is 0 Å². The summed E-state index contributed by atoms with van der Waals surface area (Å²) in [7, 11) is 0. The molecule has 0 fully saturated rings. The molecule has 80 valence electrons. The van der Waals surface area contributed by atoms with Crippen LogP contribution in [0.1, 0.15) is 15.9 Å². The van der Waals surface area contributed by atoms with Crippen LogP contribution in [0.5, 0.6) is 0 Å². The number of hydrogen-bond donors (Lipinski definition) is 1. The molecule has 0 saturated carbocycles. The molecule has 0 aliphatic rings. The second-order valence-electron chi connectivity index (χ2n) is 3.60. The minimum Gasteiger partial charge on any atom is -0.478 e. The van der Waals surface area contributed by atoms with E-state index in [-0.39, 0.29) is 0 Å². The Morgan fingerprint density at radius 2 is 2.00 bits per heavy atom. The molecule has 1 aromatic carbocycles. The first-order valence-corrected chi connectivity index (χ1v) is 4.93. The Morgan fingerprint density at radius 1 is 1.25 bits per heavy atom. The van der Waals surface area contributed by atoms with Gasteiger partial charge in [0.05, 0.1) is 5.56 Å². The normalized spacial score (nSPS) is 10.1. The molecule has 2 aromatic rings. The maximum atomic E-state index is 11.1. The lowest BCUT2D eigenvalue weighted by atomic mass is 10.0. The molecule has 1 aromatic heterocycles. The van der Waals surface area contributed by atoms with Crippen molar-refractivity contribution in [2.45, 2.75) is 6.92 Å². The van der Waals surface area contributed by atoms with Gasteiger partial charge < -0.3 is 5.11 Å². The van der Waals surface area contributed by atoms with Crippen LogP contribution in [0.4, 0.5) is 0 Å². The summed E-state index contributed by atoms with van der Waals surface area (Å²) in [4.78, 5) is 15.1. The van der Waals surface area contributed by atoms with Crippen LogP contribution < -0.4 is 0 Å². The second-order valence-corrected chi connectivity index (χ2v) is 3.60. The van der Waals surface area contributed by atoms with Crippen molar-refractivity contribution in [3.63, 3.8) is 0 Å². The molecule has 0 bridgehead atoms. The third-order valence-corrected chi connectivity index (χ3v) is 2.34. The van der Waals surface area contributed by atoms with E-state index in [4.69, 9.17) is 5.11 Å². The van der Waals surface area contributed by atoms with Crippen molar-refractivity contribution in [3.8, 4) is 11.1 Å². The summed E-state index contributed by atoms with van der Waals surface area (Å²) in [6.45, 7) is 1.93. The number of aromatic carboxylic acids is 1. The monoisotopic (exact) mass is 213 g/mol. The number of aryl methyl sites for hydroxylation is 1. The van der Waals surface area contributed by atoms with Crippen LogP contribution in [0, 0.1) is 6.92 Å². The van der Waals surface area contributed by atoms with Gasteiger partial charge in [-0.25, -0.2) is 4.79 Å². The van der Waals surface area contributed by atoms with Crippen LogP contribution in [0.25, 0.3) is 11.1 Å². The average molecular weight is 213 g/mol. The van der Waals surface area contributed by atoms with Gasteiger partial charge >= 0.3 is 5.97 Å². The summed E-state index contributed by atoms with van der Waals surface area (Å²) in [6.07, 6.45) is 3.42. The van der Waals surface area contributed by atoms with E-state index in [0.717, 1.165) is 11.1 Å². The Labute approximate surface area is 93.4 Å². The largest absolute Gasteiger partial charge is 0.478 e. The van der Waals surface area contributed by atoms with Gasteiger partial charge in [0.1, 0.15) is 0 Å². The molecule has 2 rings (SSSR count). The molecule has 3 heteroatoms. The molecule has 0 unspecified atom stereocenters. The summed E-state index contributed by atoms with van der Waals surface area (Å²) in [5.74, 6) is -0.919. The van der Waals surface area contributed by atoms with Crippen LogP contribution >= 0.6 is 0 Å². The molecular formula is C13H11NO2. The highest BCUT2D eigenvalue weighted by atomic mass is 16.4. The summed E-state index contributed by atoms with van der Waals surface area (Å²) < 4.78 is 0. The molecule has 0 radical (unpaired) electrons. The number of aromatic nitrogens is 1. The first-order chi connectivity index (χ1) is 7.68. The fraction of sp³-hybridized carbons (Fsp3) is 0.0769. The summed E-state index contributed by atoms with van der Waals surface area (Å²) in [6, 6.07) is 8.86. The van der Waals surface area contributed by atoms with Gasteiger partial charge in [0.2, 0.25) is 0 Å². The van der Waals surface area contributed by atoms with Crippen LogP contribution in [-0.2, 0) is 0 Å². The zero-order valence-corrected chi connectivity index (χ0v) is 8.84. The number of nitrogens with zero attached hydrogens (tertiary/aromatic N) is 1. The van der Waals surface area contributed by atoms with Gasteiger partial charge in [-0.15, -0.1) is 0 Å². The SMILES string of the molecule is Cc1cncc(-c2ccccc2C(=O)O)c1. The summed E-state index contributed by atoms with van der Waals surface area (Å²) >= 11 is 0. The predicted octanol–water partition coefficient (Wildman–Crippen LogP) is 2.76. The number of rotatable bonds is 2. The molecule has 0 aliphatic heterocycles. The zero-order valence-electron chi connectivity index (χ0n) is 8.84. The first kappa shape index (κ1) is 10.4. The highest BCUT2D eigenvalue weighted by Crippen LogP contribution is 2.23. The quantitative estimate of drug-likeness (QED) is 0.834. The number of hydrogen-bond acceptors (Lipinski definition) is 2. The van der Waals surface area contributed by atoms with E-state index < -0.39 is 5.97 Å². The average Bonchev–Trinajstić information content (AvgIpc) is 2.29. The minimum absolute atomic E-state index is 0.301. The Kier molecular flexibility index (Phi) is 2.68. The molecule has 3 nitrogen and oxygen atoms in total. The van der Waals surface area contributed by atoms with Gasteiger partial charge in [0, 0.05) is 18.0 Å². The second kappa shape index (κ2) is 4.14. The van der Waals surface area contributed by atoms with E-state index in [2.05, 4.69) is 4.98 Å². The molecule has 1 heterocycles. The van der Waals surface area contributed by atoms with Crippen LogP contribution in [-0.4, -0.2) is 16.1 Å². The predicted molar refractivity (Wildman–Crippen MR) is 61.4 cm³/mol. The fourth-order valence-corrected chi connectivity index (χ4v) is 1.62. The molecular weight excluding hydrogens is 202 g/mol. The lowest BCUT2D eigenvalue weighted by molar-refractivity contribution is 0.0697. The van der Waals surface area contributed by atoms with Crippen molar-refractivity contribution >= 4 is 5.97 Å². The van der Waals surface area contributed by atoms with Crippen molar-refractivity contribution < 1.29 is 9.90 Å². The van der Waals surface area contributed by atoms with Gasteiger partial charge in [-0.3, -0.25) is 4.98 Å². The molecule has 0 amide bonds. The lowest BCUT2D eigenvalue weighted by Gasteiger charge is -2.05. The summed E-state index contributed by atoms with van der Waals surface area (Å²) in [5.41, 5.74) is 2.84. The Hall–Kier alpha value is -2.16. The Morgan fingerprint density at radius 3 is 2.69 bits per heavy atom. The van der Waals surface area contributed by atoms with Crippen molar-refractivity contribution in [1.29, 1.82) is 0 Å². The number of carbonyl (C=O) groups is 1. The molecule has 16 heavy (non-hydrogen) atoms. The van der Waals surface area contributed by atoms with Crippen molar-refractivity contribution in [1.82, 2.24) is 4.98 Å². The van der Waals surface area contributed by atoms with Crippen LogP contribution in [0.15, 0.2) is 42.7 Å². The van der Waals surface area contributed by atoms with Gasteiger partial charge in [-0.1, -0.05) is 18.2 Å². The number of carboxylic acid groups (broad SMARTS) is 1. The van der Waals surface area contributed by atoms with E-state index in [1.54, 1.807) is 30.6 Å². The fourth-order valence-electron chi connectivity index (χ4n) is 1.62. The maximum Gasteiger partial charge on any atom is 0.336 e. The number of benzene rings is 1. The van der Waals surface area contributed by atoms with Gasteiger partial charge in [0.25, 0.3) is 0 Å². The highest BCUT2D eigenvalue weighted by Gasteiger charge is 2.10. The summed E-state index contributed by atoms with van der Waals surface area (Å²) in [5, 5.41) is 9.08.